The van der Waals surface area contributed by atoms with Gasteiger partial charge in [0, 0.05) is 18.2 Å². The number of terminal acetylenes is 1. The molecule has 1 aliphatic rings. The van der Waals surface area contributed by atoms with Gasteiger partial charge in [-0.05, 0) is 39.0 Å². The van der Waals surface area contributed by atoms with E-state index >= 15 is 0 Å². The van der Waals surface area contributed by atoms with Crippen molar-refractivity contribution in [3.05, 3.63) is 35.1 Å². The van der Waals surface area contributed by atoms with Gasteiger partial charge in [0.25, 0.3) is 0 Å². The van der Waals surface area contributed by atoms with Gasteiger partial charge in [0.05, 0.1) is 15.5 Å². The standard InChI is InChI=1S/C17H20FN3O3S/c1-6-11-7-8-13(18)12(9-11)17(4)10-25(24,19-5)16(2,3)14(21-17)20-15(22)23/h1,7-9H,10H2,2-5H3,(H,20,21)(H,22,23)/t17-,25?/m0/s1. The molecule has 1 heterocycles. The molecule has 8 heteroatoms. The van der Waals surface area contributed by atoms with E-state index in [1.807, 2.05) is 0 Å². The first kappa shape index (κ1) is 18.9. The predicted octanol–water partition coefficient (Wildman–Crippen LogP) is 2.58. The Labute approximate surface area is 146 Å². The maximum atomic E-state index is 14.5. The van der Waals surface area contributed by atoms with Gasteiger partial charge >= 0.3 is 6.09 Å². The number of carbonyl (C=O) groups is 1. The summed E-state index contributed by atoms with van der Waals surface area (Å²) in [5, 5.41) is 11.3. The molecule has 0 saturated heterocycles. The van der Waals surface area contributed by atoms with E-state index in [4.69, 9.17) is 11.5 Å². The van der Waals surface area contributed by atoms with Gasteiger partial charge in [-0.3, -0.25) is 10.3 Å². The minimum atomic E-state index is -2.94. The molecule has 0 aromatic heterocycles. The number of benzene rings is 1. The molecule has 0 saturated carbocycles. The topological polar surface area (TPSA) is 91.1 Å². The lowest BCUT2D eigenvalue weighted by Crippen LogP contribution is -2.57. The maximum absolute atomic E-state index is 14.5. The van der Waals surface area contributed by atoms with Crippen LogP contribution in [0.4, 0.5) is 9.18 Å². The lowest BCUT2D eigenvalue weighted by atomic mass is 9.92. The third-order valence-electron chi connectivity index (χ3n) is 4.44. The lowest BCUT2D eigenvalue weighted by molar-refractivity contribution is 0.199. The van der Waals surface area contributed by atoms with E-state index in [0.29, 0.717) is 5.56 Å². The van der Waals surface area contributed by atoms with Crippen LogP contribution < -0.4 is 5.32 Å². The Morgan fingerprint density at radius 3 is 2.64 bits per heavy atom. The van der Waals surface area contributed by atoms with Crippen LogP contribution in [0.5, 0.6) is 0 Å². The molecule has 1 aromatic carbocycles. The zero-order valence-electron chi connectivity index (χ0n) is 14.5. The molecule has 2 rings (SSSR count). The minimum Gasteiger partial charge on any atom is -0.465 e. The summed E-state index contributed by atoms with van der Waals surface area (Å²) < 4.78 is 30.8. The first-order valence-corrected chi connectivity index (χ1v) is 9.17. The average Bonchev–Trinajstić information content (AvgIpc) is 2.52. The van der Waals surface area contributed by atoms with Crippen molar-refractivity contribution < 1.29 is 18.5 Å². The molecule has 6 nitrogen and oxygen atoms in total. The smallest absolute Gasteiger partial charge is 0.410 e. The highest BCUT2D eigenvalue weighted by molar-refractivity contribution is 7.95. The number of carboxylic acid groups (broad SMARTS) is 1. The minimum absolute atomic E-state index is 0.0186. The summed E-state index contributed by atoms with van der Waals surface area (Å²) in [7, 11) is -1.54. The highest BCUT2D eigenvalue weighted by Gasteiger charge is 2.49. The summed E-state index contributed by atoms with van der Waals surface area (Å²) in [6.45, 7) is 4.80. The van der Waals surface area contributed by atoms with Gasteiger partial charge in [0.15, 0.2) is 0 Å². The lowest BCUT2D eigenvalue weighted by Gasteiger charge is -2.41. The van der Waals surface area contributed by atoms with Crippen molar-refractivity contribution in [3.8, 4) is 12.3 Å². The molecule has 1 aromatic rings. The zero-order chi connectivity index (χ0) is 19.0. The van der Waals surface area contributed by atoms with Crippen LogP contribution >= 0.6 is 0 Å². The molecule has 1 aliphatic heterocycles. The molecule has 1 amide bonds. The monoisotopic (exact) mass is 365 g/mol. The Hall–Kier alpha value is -2.40. The second kappa shape index (κ2) is 6.15. The van der Waals surface area contributed by atoms with Crippen LogP contribution in [-0.2, 0) is 15.3 Å². The van der Waals surface area contributed by atoms with Crippen LogP contribution in [0.15, 0.2) is 27.6 Å². The number of nitrogens with one attached hydrogen (secondary N) is 1. The van der Waals surface area contributed by atoms with Gasteiger partial charge in [-0.1, -0.05) is 5.92 Å². The van der Waals surface area contributed by atoms with Crippen molar-refractivity contribution in [2.45, 2.75) is 31.1 Å². The van der Waals surface area contributed by atoms with E-state index in [1.54, 1.807) is 20.8 Å². The van der Waals surface area contributed by atoms with Crippen LogP contribution in [-0.4, -0.2) is 38.8 Å². The van der Waals surface area contributed by atoms with Crippen molar-refractivity contribution >= 4 is 21.7 Å². The van der Waals surface area contributed by atoms with Crippen LogP contribution in [0.3, 0.4) is 0 Å². The number of amidine groups is 1. The van der Waals surface area contributed by atoms with Gasteiger partial charge in [-0.2, -0.15) is 0 Å². The molecule has 2 N–H and O–H groups in total. The highest BCUT2D eigenvalue weighted by atomic mass is 32.2. The Balaban J connectivity index is 2.79. The maximum Gasteiger partial charge on any atom is 0.410 e. The summed E-state index contributed by atoms with van der Waals surface area (Å²) in [6, 6.07) is 4.14. The fraction of sp³-hybridized carbons (Fsp3) is 0.412. The van der Waals surface area contributed by atoms with Gasteiger partial charge in [-0.15, -0.1) is 6.42 Å². The first-order chi connectivity index (χ1) is 11.5. The van der Waals surface area contributed by atoms with Crippen LogP contribution in [0.1, 0.15) is 31.9 Å². The Kier molecular flexibility index (Phi) is 4.66. The summed E-state index contributed by atoms with van der Waals surface area (Å²) >= 11 is 0. The zero-order valence-corrected chi connectivity index (χ0v) is 15.3. The molecule has 0 aliphatic carbocycles. The number of rotatable bonds is 1. The number of halogens is 1. The van der Waals surface area contributed by atoms with Crippen molar-refractivity contribution in [3.63, 3.8) is 0 Å². The van der Waals surface area contributed by atoms with Crippen LogP contribution in [0.25, 0.3) is 0 Å². The Morgan fingerprint density at radius 1 is 1.48 bits per heavy atom. The molecule has 1 unspecified atom stereocenters. The van der Waals surface area contributed by atoms with E-state index in [0.717, 1.165) is 0 Å². The number of nitrogens with zero attached hydrogens (tertiary/aromatic N) is 2. The molecular weight excluding hydrogens is 345 g/mol. The van der Waals surface area contributed by atoms with Crippen molar-refractivity contribution in [2.24, 2.45) is 9.36 Å². The van der Waals surface area contributed by atoms with Crippen molar-refractivity contribution in [1.82, 2.24) is 5.32 Å². The number of hydrogen-bond acceptors (Lipinski definition) is 4. The van der Waals surface area contributed by atoms with Gasteiger partial charge in [0.2, 0.25) is 0 Å². The Morgan fingerprint density at radius 2 is 2.12 bits per heavy atom. The van der Waals surface area contributed by atoms with Gasteiger partial charge in [-0.25, -0.2) is 17.8 Å². The molecular formula is C17H20FN3O3S. The number of aliphatic imine (C=N–C) groups is 1. The number of hydrogen-bond donors (Lipinski definition) is 2. The highest BCUT2D eigenvalue weighted by Crippen LogP contribution is 2.39. The summed E-state index contributed by atoms with van der Waals surface area (Å²) in [5.74, 6) is 1.79. The molecule has 0 spiro atoms. The quantitative estimate of drug-likeness (QED) is 0.750. The summed E-state index contributed by atoms with van der Waals surface area (Å²) in [5.41, 5.74) is -0.675. The van der Waals surface area contributed by atoms with Gasteiger partial charge < -0.3 is 5.11 Å². The normalized spacial score (nSPS) is 27.8. The van der Waals surface area contributed by atoms with Gasteiger partial charge in [0.1, 0.15) is 21.9 Å². The molecule has 0 radical (unpaired) electrons. The number of amides is 1. The van der Waals surface area contributed by atoms with E-state index < -0.39 is 31.9 Å². The van der Waals surface area contributed by atoms with Crippen molar-refractivity contribution in [1.29, 1.82) is 0 Å². The fourth-order valence-corrected chi connectivity index (χ4v) is 5.19. The average molecular weight is 365 g/mol. The van der Waals surface area contributed by atoms with Crippen molar-refractivity contribution in [2.75, 3.05) is 12.8 Å². The SMILES string of the molecule is C#Cc1ccc(F)c([C@]2(C)CS(=O)(=NC)C(C)(C)C(NC(=O)O)=N2)c1. The van der Waals surface area contributed by atoms with Crippen LogP contribution in [0.2, 0.25) is 0 Å². The van der Waals surface area contributed by atoms with E-state index in [9.17, 15) is 13.4 Å². The molecule has 134 valence electrons. The van der Waals surface area contributed by atoms with Crippen LogP contribution in [0, 0.1) is 18.2 Å². The van der Waals surface area contributed by atoms with E-state index in [-0.39, 0.29) is 17.2 Å². The molecule has 2 atom stereocenters. The third-order valence-corrected chi connectivity index (χ3v) is 7.77. The largest absolute Gasteiger partial charge is 0.465 e. The predicted molar refractivity (Wildman–Crippen MR) is 95.7 cm³/mol. The Bertz CT molecular complexity index is 924. The third kappa shape index (κ3) is 3.12. The van der Waals surface area contributed by atoms with E-state index in [2.05, 4.69) is 20.6 Å². The first-order valence-electron chi connectivity index (χ1n) is 7.48. The second-order valence-electron chi connectivity index (χ2n) is 6.48. The second-order valence-corrected chi connectivity index (χ2v) is 9.44. The molecule has 0 fully saturated rings. The van der Waals surface area contributed by atoms with E-state index in [1.165, 1.54) is 25.2 Å². The molecule has 0 bridgehead atoms. The summed E-state index contributed by atoms with van der Waals surface area (Å²) in [4.78, 5) is 15.6. The summed E-state index contributed by atoms with van der Waals surface area (Å²) in [6.07, 6.45) is 4.04. The molecule has 25 heavy (non-hydrogen) atoms. The fourth-order valence-electron chi connectivity index (χ4n) is 2.86.